The number of para-hydroxylation sites is 2. The zero-order chi connectivity index (χ0) is 13.4. The maximum absolute atomic E-state index is 8.63. The van der Waals surface area contributed by atoms with Gasteiger partial charge in [0.1, 0.15) is 17.1 Å². The lowest BCUT2D eigenvalue weighted by molar-refractivity contribution is 0.131. The van der Waals surface area contributed by atoms with Crippen LogP contribution in [0.15, 0.2) is 60.7 Å². The molecule has 0 bridgehead atoms. The molecule has 0 aliphatic rings. The third kappa shape index (κ3) is 6.59. The van der Waals surface area contributed by atoms with Crippen LogP contribution >= 0.6 is 0 Å². The summed E-state index contributed by atoms with van der Waals surface area (Å²) in [6.07, 6.45) is 0. The first kappa shape index (κ1) is 14.1. The molecule has 0 amide bonds. The molecule has 2 rings (SSSR count). The number of aromatic hydroxyl groups is 1. The smallest absolute Gasteiger partial charge is 0.120 e. The average molecular weight is 244 g/mol. The molecule has 96 valence electrons. The Hall–Kier alpha value is -1.96. The highest BCUT2D eigenvalue weighted by Crippen LogP contribution is 2.16. The van der Waals surface area contributed by atoms with Crippen molar-refractivity contribution < 1.29 is 9.84 Å². The monoisotopic (exact) mass is 244 g/mol. The van der Waals surface area contributed by atoms with Gasteiger partial charge in [0.2, 0.25) is 0 Å². The van der Waals surface area contributed by atoms with Crippen LogP contribution in [-0.4, -0.2) is 10.7 Å². The number of phenols is 1. The van der Waals surface area contributed by atoms with Crippen LogP contribution in [0.3, 0.4) is 0 Å². The van der Waals surface area contributed by atoms with Gasteiger partial charge in [0.25, 0.3) is 0 Å². The number of phenolic OH excluding ortho intramolecular Hbond substituents is 1. The molecular formula is C16H20O2. The second-order valence-electron chi connectivity index (χ2n) is 4.86. The minimum absolute atomic E-state index is 0.0959. The maximum Gasteiger partial charge on any atom is 0.120 e. The molecule has 0 heterocycles. The Bertz CT molecular complexity index is 430. The van der Waals surface area contributed by atoms with Crippen LogP contribution in [0.2, 0.25) is 0 Å². The highest BCUT2D eigenvalue weighted by atomic mass is 16.5. The van der Waals surface area contributed by atoms with Crippen LogP contribution in [0.5, 0.6) is 11.5 Å². The van der Waals surface area contributed by atoms with E-state index in [9.17, 15) is 0 Å². The molecule has 0 aromatic heterocycles. The van der Waals surface area contributed by atoms with Crippen molar-refractivity contribution in [2.45, 2.75) is 26.4 Å². The summed E-state index contributed by atoms with van der Waals surface area (Å²) >= 11 is 0. The van der Waals surface area contributed by atoms with Crippen LogP contribution in [0.25, 0.3) is 0 Å². The second kappa shape index (κ2) is 6.70. The van der Waals surface area contributed by atoms with Gasteiger partial charge in [0.15, 0.2) is 0 Å². The van der Waals surface area contributed by atoms with E-state index < -0.39 is 0 Å². The highest BCUT2D eigenvalue weighted by molar-refractivity contribution is 5.21. The Morgan fingerprint density at radius 3 is 1.56 bits per heavy atom. The van der Waals surface area contributed by atoms with Gasteiger partial charge in [-0.3, -0.25) is 0 Å². The first-order valence-electron chi connectivity index (χ1n) is 5.95. The zero-order valence-electron chi connectivity index (χ0n) is 11.1. The second-order valence-corrected chi connectivity index (χ2v) is 4.86. The molecule has 0 fully saturated rings. The normalized spacial score (nSPS) is 10.2. The Morgan fingerprint density at radius 2 is 1.22 bits per heavy atom. The standard InChI is InChI=1S/C10H14O.C6H6O/c1-10(2,3)11-9-7-5-4-6-8-9;7-6-4-2-1-3-5-6/h4-8H,1-3H3;1-5,7H. The van der Waals surface area contributed by atoms with Crippen molar-refractivity contribution in [2.75, 3.05) is 0 Å². The third-order valence-electron chi connectivity index (χ3n) is 1.92. The van der Waals surface area contributed by atoms with E-state index in [4.69, 9.17) is 9.84 Å². The molecule has 0 saturated heterocycles. The molecule has 2 aromatic carbocycles. The fourth-order valence-corrected chi connectivity index (χ4v) is 1.27. The van der Waals surface area contributed by atoms with Gasteiger partial charge >= 0.3 is 0 Å². The largest absolute Gasteiger partial charge is 0.508 e. The molecule has 0 radical (unpaired) electrons. The van der Waals surface area contributed by atoms with Crippen LogP contribution in [-0.2, 0) is 0 Å². The van der Waals surface area contributed by atoms with E-state index in [2.05, 4.69) is 0 Å². The van der Waals surface area contributed by atoms with Crippen molar-refractivity contribution in [3.05, 3.63) is 60.7 Å². The van der Waals surface area contributed by atoms with E-state index in [1.165, 1.54) is 0 Å². The summed E-state index contributed by atoms with van der Waals surface area (Å²) in [4.78, 5) is 0. The minimum atomic E-state index is -0.0959. The molecule has 18 heavy (non-hydrogen) atoms. The van der Waals surface area contributed by atoms with Crippen molar-refractivity contribution in [2.24, 2.45) is 0 Å². The highest BCUT2D eigenvalue weighted by Gasteiger charge is 2.10. The van der Waals surface area contributed by atoms with Crippen molar-refractivity contribution >= 4 is 0 Å². The zero-order valence-corrected chi connectivity index (χ0v) is 11.1. The Kier molecular flexibility index (Phi) is 5.25. The fourth-order valence-electron chi connectivity index (χ4n) is 1.27. The lowest BCUT2D eigenvalue weighted by Gasteiger charge is -2.20. The van der Waals surface area contributed by atoms with Gasteiger partial charge in [-0.2, -0.15) is 0 Å². The van der Waals surface area contributed by atoms with E-state index in [0.29, 0.717) is 5.75 Å². The first-order valence-corrected chi connectivity index (χ1v) is 5.95. The Morgan fingerprint density at radius 1 is 0.778 bits per heavy atom. The molecule has 2 aromatic rings. The SMILES string of the molecule is CC(C)(C)Oc1ccccc1.Oc1ccccc1. The van der Waals surface area contributed by atoms with E-state index in [1.807, 2.05) is 57.2 Å². The van der Waals surface area contributed by atoms with Crippen molar-refractivity contribution in [1.82, 2.24) is 0 Å². The maximum atomic E-state index is 8.63. The van der Waals surface area contributed by atoms with E-state index in [-0.39, 0.29) is 5.60 Å². The van der Waals surface area contributed by atoms with Gasteiger partial charge in [-0.05, 0) is 45.0 Å². The summed E-state index contributed by atoms with van der Waals surface area (Å²) < 4.78 is 5.60. The minimum Gasteiger partial charge on any atom is -0.508 e. The quantitative estimate of drug-likeness (QED) is 0.812. The van der Waals surface area contributed by atoms with Crippen LogP contribution < -0.4 is 4.74 Å². The molecule has 1 N–H and O–H groups in total. The summed E-state index contributed by atoms with van der Waals surface area (Å²) in [6.45, 7) is 6.12. The molecule has 2 nitrogen and oxygen atoms in total. The predicted octanol–water partition coefficient (Wildman–Crippen LogP) is 4.26. The van der Waals surface area contributed by atoms with E-state index >= 15 is 0 Å². The topological polar surface area (TPSA) is 29.5 Å². The molecule has 2 heteroatoms. The Balaban J connectivity index is 0.000000199. The first-order chi connectivity index (χ1) is 8.47. The summed E-state index contributed by atoms with van der Waals surface area (Å²) in [5.74, 6) is 1.25. The van der Waals surface area contributed by atoms with Gasteiger partial charge in [-0.25, -0.2) is 0 Å². The fraction of sp³-hybridized carbons (Fsp3) is 0.250. The lowest BCUT2D eigenvalue weighted by Crippen LogP contribution is -2.22. The van der Waals surface area contributed by atoms with Crippen molar-refractivity contribution in [1.29, 1.82) is 0 Å². The number of hydrogen-bond acceptors (Lipinski definition) is 2. The predicted molar refractivity (Wildman–Crippen MR) is 74.9 cm³/mol. The number of ether oxygens (including phenoxy) is 1. The van der Waals surface area contributed by atoms with Gasteiger partial charge in [0, 0.05) is 0 Å². The molecule has 0 unspecified atom stereocenters. The summed E-state index contributed by atoms with van der Waals surface area (Å²) in [5.41, 5.74) is -0.0959. The molecule has 0 spiro atoms. The Labute approximate surface area is 109 Å². The molecular weight excluding hydrogens is 224 g/mol. The van der Waals surface area contributed by atoms with Crippen LogP contribution in [0, 0.1) is 0 Å². The number of benzene rings is 2. The molecule has 0 atom stereocenters. The number of rotatable bonds is 1. The van der Waals surface area contributed by atoms with E-state index in [1.54, 1.807) is 24.3 Å². The molecule has 0 saturated carbocycles. The summed E-state index contributed by atoms with van der Waals surface area (Å²) in [6, 6.07) is 18.6. The lowest BCUT2D eigenvalue weighted by atomic mass is 10.2. The number of hydrogen-bond donors (Lipinski definition) is 1. The van der Waals surface area contributed by atoms with Crippen molar-refractivity contribution in [3.63, 3.8) is 0 Å². The van der Waals surface area contributed by atoms with E-state index in [0.717, 1.165) is 5.75 Å². The van der Waals surface area contributed by atoms with Gasteiger partial charge in [0.05, 0.1) is 0 Å². The van der Waals surface area contributed by atoms with Gasteiger partial charge in [-0.15, -0.1) is 0 Å². The third-order valence-corrected chi connectivity index (χ3v) is 1.92. The van der Waals surface area contributed by atoms with Crippen LogP contribution in [0.4, 0.5) is 0 Å². The summed E-state index contributed by atoms with van der Waals surface area (Å²) in [5, 5.41) is 8.63. The molecule has 0 aliphatic carbocycles. The van der Waals surface area contributed by atoms with Crippen LogP contribution in [0.1, 0.15) is 20.8 Å². The average Bonchev–Trinajstić information content (AvgIpc) is 2.30. The van der Waals surface area contributed by atoms with Gasteiger partial charge < -0.3 is 9.84 Å². The van der Waals surface area contributed by atoms with Gasteiger partial charge in [-0.1, -0.05) is 36.4 Å². The summed E-state index contributed by atoms with van der Waals surface area (Å²) in [7, 11) is 0. The molecule has 0 aliphatic heterocycles. The van der Waals surface area contributed by atoms with Crippen molar-refractivity contribution in [3.8, 4) is 11.5 Å².